The number of aromatic nitrogens is 9. The molecule has 0 N–H and O–H groups in total. The molecule has 4 saturated carbocycles. The van der Waals surface area contributed by atoms with Crippen molar-refractivity contribution in [1.82, 2.24) is 44.9 Å². The Kier molecular flexibility index (Phi) is 27.1. The van der Waals surface area contributed by atoms with Gasteiger partial charge >= 0.3 is 0 Å². The minimum absolute atomic E-state index is 0.100. The first kappa shape index (κ1) is 98.5. The smallest absolute Gasteiger partial charge is 0.164 e. The first-order chi connectivity index (χ1) is 72.9. The molecule has 3 aromatic heterocycles. The van der Waals surface area contributed by atoms with Crippen molar-refractivity contribution >= 4 is 77.7 Å². The van der Waals surface area contributed by atoms with E-state index in [-0.39, 0.29) is 16.2 Å². The summed E-state index contributed by atoms with van der Waals surface area (Å²) < 4.78 is 0. The lowest BCUT2D eigenvalue weighted by Gasteiger charge is -2.43. The van der Waals surface area contributed by atoms with Crippen LogP contribution in [0.1, 0.15) is 236 Å². The Morgan fingerprint density at radius 2 is 0.353 bits per heavy atom. The molecule has 14 heteroatoms. The molecule has 0 atom stereocenters. The summed E-state index contributed by atoms with van der Waals surface area (Å²) in [4.78, 5) is 52.1. The lowest BCUT2D eigenvalue weighted by molar-refractivity contribution is 0.442. The fourth-order valence-corrected chi connectivity index (χ4v) is 26.9. The second kappa shape index (κ2) is 41.2. The Bertz CT molecular complexity index is 7540. The highest BCUT2D eigenvalue weighted by Crippen LogP contribution is 2.59. The zero-order valence-electron chi connectivity index (χ0n) is 89.0. The van der Waals surface area contributed by atoms with Crippen molar-refractivity contribution in [1.29, 1.82) is 0 Å². The highest BCUT2D eigenvalue weighted by molar-refractivity contribution is 6.89. The summed E-state index contributed by atoms with van der Waals surface area (Å²) in [5, 5.41) is 2.99. The molecule has 4 aliphatic carbocycles. The van der Waals surface area contributed by atoms with Crippen LogP contribution in [0.15, 0.2) is 364 Å². The highest BCUT2D eigenvalue weighted by Gasteiger charge is 2.44. The molecule has 0 bridgehead atoms. The molecule has 0 unspecified atom stereocenters. The van der Waals surface area contributed by atoms with Gasteiger partial charge in [0.2, 0.25) is 0 Å². The maximum absolute atomic E-state index is 5.00. The van der Waals surface area contributed by atoms with Crippen LogP contribution in [0.3, 0.4) is 0 Å². The largest absolute Gasteiger partial charge is 0.310 e. The molecule has 3 aliphatic heterocycles. The second-order valence-corrected chi connectivity index (χ2v) is 56.5. The van der Waals surface area contributed by atoms with E-state index in [0.717, 1.165) is 67.1 Å². The molecule has 0 radical (unpaired) electrons. The van der Waals surface area contributed by atoms with Crippen LogP contribution in [0.4, 0.5) is 51.2 Å². The van der Waals surface area contributed by atoms with Crippen molar-refractivity contribution in [3.05, 3.63) is 420 Å². The van der Waals surface area contributed by atoms with Crippen molar-refractivity contribution in [2.45, 2.75) is 236 Å². The third kappa shape index (κ3) is 19.8. The monoisotopic (exact) mass is 1990 g/mol. The van der Waals surface area contributed by atoms with Crippen molar-refractivity contribution in [3.63, 3.8) is 0 Å². The Morgan fingerprint density at radius 3 is 0.540 bits per heavy atom. The Hall–Kier alpha value is -14.8. The summed E-state index contributed by atoms with van der Waals surface area (Å²) in [7, 11) is -3.05. The van der Waals surface area contributed by atoms with Crippen molar-refractivity contribution in [2.75, 3.05) is 14.7 Å². The molecule has 0 amide bonds. The van der Waals surface area contributed by atoms with Gasteiger partial charge in [0.25, 0.3) is 0 Å². The van der Waals surface area contributed by atoms with Crippen LogP contribution in [-0.2, 0) is 16.2 Å². The third-order valence-corrected chi connectivity index (χ3v) is 37.4. The number of benzene rings is 15. The van der Waals surface area contributed by atoms with E-state index in [4.69, 9.17) is 44.9 Å². The first-order valence-corrected chi connectivity index (χ1v) is 62.1. The predicted octanol–water partition coefficient (Wildman–Crippen LogP) is 35.4. The van der Waals surface area contributed by atoms with Crippen LogP contribution in [0, 0.1) is 0 Å². The normalized spacial score (nSPS) is 16.2. The van der Waals surface area contributed by atoms with Gasteiger partial charge < -0.3 is 14.7 Å². The molecule has 4 fully saturated rings. The molecule has 15 aromatic carbocycles. The van der Waals surface area contributed by atoms with Gasteiger partial charge in [0, 0.05) is 83.4 Å². The van der Waals surface area contributed by atoms with Crippen LogP contribution in [0.25, 0.3) is 102 Å². The van der Waals surface area contributed by atoms with Gasteiger partial charge in [0.1, 0.15) is 0 Å². The number of rotatable bonds is 18. The Morgan fingerprint density at radius 1 is 0.187 bits per heavy atom. The van der Waals surface area contributed by atoms with Gasteiger partial charge in [0.05, 0.1) is 50.3 Å². The standard InChI is InChI=1S/C48H48N4.C46H44N4.C42H44N4Si2/c1-48(2)41-31-38(33-15-7-3-8-16-33)25-29-43(41)52(44-30-26-39(32-42(44)48)34-17-9-4-10-18-34)40-27-23-37(24-28-40)47-50-45(35-19-11-5-12-20-35)49-46(51-47)36-21-13-6-14-22-36;1-46(2)39-29-36(31-13-9-10-14-31)23-27-41(39)50(42-28-24-37(30-40(42)46)32-15-11-12-16-32)38-25-21-35(22-26-38)45-48-43(33-17-5-3-6-18-33)47-44(49-45)34-19-7-4-8-20-34;1-42(2)35-27-33(47(3,4)5)23-25-37(35)46(38-26-24-34(28-36(38)42)48(6,7)8)32-21-19-31(20-22-32)41-44-39(29-15-11-9-12-16-29)43-40(45-41)30-17-13-10-14-18-30/h5-6,11-14,19-34H,3-4,7-10,15-18H2,1-2H3;3-8,17-32H,9-16H2,1-2H3;9-28H,1-8H3. The van der Waals surface area contributed by atoms with E-state index in [0.29, 0.717) is 76.1 Å². The molecular weight excluding hydrogens is 1860 g/mol. The second-order valence-electron chi connectivity index (χ2n) is 46.3. The van der Waals surface area contributed by atoms with Gasteiger partial charge in [-0.1, -0.05) is 410 Å². The summed E-state index contributed by atoms with van der Waals surface area (Å²) in [5.41, 5.74) is 34.0. The average molecular weight is 1990 g/mol. The van der Waals surface area contributed by atoms with Crippen molar-refractivity contribution in [3.8, 4) is 102 Å². The predicted molar refractivity (Wildman–Crippen MR) is 629 cm³/mol. The zero-order valence-corrected chi connectivity index (χ0v) is 91.0. The van der Waals surface area contributed by atoms with E-state index in [1.807, 2.05) is 133 Å². The number of fused-ring (bicyclic) bond motifs is 6. The van der Waals surface area contributed by atoms with E-state index in [9.17, 15) is 0 Å². The summed E-state index contributed by atoms with van der Waals surface area (Å²) in [6, 6.07) is 131. The molecule has 748 valence electrons. The van der Waals surface area contributed by atoms with Gasteiger partial charge in [-0.05, 0) is 240 Å². The molecule has 7 aliphatic rings. The summed E-state index contributed by atoms with van der Waals surface area (Å²) in [5.74, 6) is 8.74. The number of hydrogen-bond donors (Lipinski definition) is 0. The molecule has 6 heterocycles. The van der Waals surface area contributed by atoms with Crippen molar-refractivity contribution < 1.29 is 0 Å². The highest BCUT2D eigenvalue weighted by atomic mass is 28.3. The summed E-state index contributed by atoms with van der Waals surface area (Å²) >= 11 is 0. The van der Waals surface area contributed by atoms with E-state index < -0.39 is 16.1 Å². The van der Waals surface area contributed by atoms with Crippen LogP contribution in [-0.4, -0.2) is 61.0 Å². The fraction of sp³-hybridized carbons (Fsp3) is 0.272. The maximum Gasteiger partial charge on any atom is 0.164 e. The zero-order chi connectivity index (χ0) is 103. The topological polar surface area (TPSA) is 126 Å². The average Bonchev–Trinajstić information content (AvgIpc) is 0.730. The number of anilines is 9. The van der Waals surface area contributed by atoms with Gasteiger partial charge in [-0.15, -0.1) is 0 Å². The third-order valence-electron chi connectivity index (χ3n) is 33.3. The van der Waals surface area contributed by atoms with Gasteiger partial charge in [-0.3, -0.25) is 0 Å². The van der Waals surface area contributed by atoms with Gasteiger partial charge in [0.15, 0.2) is 52.4 Å². The number of nitrogens with zero attached hydrogens (tertiary/aromatic N) is 12. The first-order valence-electron chi connectivity index (χ1n) is 55.1. The van der Waals surface area contributed by atoms with E-state index in [1.54, 1.807) is 0 Å². The lowest BCUT2D eigenvalue weighted by atomic mass is 9.70. The molecule has 0 spiro atoms. The van der Waals surface area contributed by atoms with E-state index in [2.05, 4.69) is 326 Å². The van der Waals surface area contributed by atoms with Crippen LogP contribution in [0.5, 0.6) is 0 Å². The SMILES string of the molecule is CC1(C)c2cc(C3CCCC3)ccc2N(c2ccc(-c3nc(-c4ccccc4)nc(-c4ccccc4)n3)cc2)c2ccc(C3CCCC3)cc21.CC1(C)c2cc(C3CCCCC3)ccc2N(c2ccc(-c3nc(-c4ccccc4)nc(-c4ccccc4)n3)cc2)c2ccc(C3CCCCC3)cc21.CC1(C)c2cc([Si](C)(C)C)ccc2N(c2ccc(-c3nc(-c4ccccc4)nc(-c4ccccc4)n3)cc2)c2ccc([Si](C)(C)C)cc21. The fourth-order valence-electron chi connectivity index (χ4n) is 24.5. The van der Waals surface area contributed by atoms with Crippen LogP contribution < -0.4 is 25.1 Å². The molecule has 25 rings (SSSR count). The number of hydrogen-bond acceptors (Lipinski definition) is 12. The molecule has 12 nitrogen and oxygen atoms in total. The van der Waals surface area contributed by atoms with E-state index >= 15 is 0 Å². The van der Waals surface area contributed by atoms with Crippen LogP contribution in [0.2, 0.25) is 39.3 Å². The van der Waals surface area contributed by atoms with Crippen molar-refractivity contribution in [2.24, 2.45) is 0 Å². The van der Waals surface area contributed by atoms with Gasteiger partial charge in [-0.25, -0.2) is 44.9 Å². The minimum Gasteiger partial charge on any atom is -0.310 e. The Labute approximate surface area is 889 Å². The lowest BCUT2D eigenvalue weighted by Crippen LogP contribution is -2.42. The molecular formula is C136H136N12Si2. The summed E-state index contributed by atoms with van der Waals surface area (Å²) in [6.45, 7) is 29.2. The molecule has 0 saturated heterocycles. The van der Waals surface area contributed by atoms with Gasteiger partial charge in [-0.2, -0.15) is 0 Å². The quantitative estimate of drug-likeness (QED) is 0.0759. The van der Waals surface area contributed by atoms with Crippen LogP contribution >= 0.6 is 0 Å². The maximum atomic E-state index is 5.00. The van der Waals surface area contributed by atoms with E-state index in [1.165, 1.54) is 216 Å². The minimum atomic E-state index is -1.52. The molecule has 150 heavy (non-hydrogen) atoms. The Balaban J connectivity index is 0.000000123. The molecule has 18 aromatic rings. The summed E-state index contributed by atoms with van der Waals surface area (Å²) in [6.07, 6.45) is 24.0.